The normalized spacial score (nSPS) is 22.7. The highest BCUT2D eigenvalue weighted by molar-refractivity contribution is 7.89. The van der Waals surface area contributed by atoms with E-state index in [0.29, 0.717) is 12.2 Å². The number of morpholine rings is 1. The molecule has 1 fully saturated rings. The van der Waals surface area contributed by atoms with E-state index in [1.807, 2.05) is 26.8 Å². The lowest BCUT2D eigenvalue weighted by molar-refractivity contribution is -0.0551. The molecule has 114 valence electrons. The molecule has 0 saturated carbocycles. The second-order valence-corrected chi connectivity index (χ2v) is 7.97. The van der Waals surface area contributed by atoms with Crippen LogP contribution in [0.2, 0.25) is 5.02 Å². The second-order valence-electron chi connectivity index (χ2n) is 5.73. The molecule has 0 aliphatic carbocycles. The molecule has 2 rings (SSSR count). The first-order valence-electron chi connectivity index (χ1n) is 6.52. The van der Waals surface area contributed by atoms with E-state index in [1.165, 1.54) is 22.5 Å². The van der Waals surface area contributed by atoms with Crippen LogP contribution < -0.4 is 0 Å². The fraction of sp³-hybridized carbons (Fsp3) is 0.500. The summed E-state index contributed by atoms with van der Waals surface area (Å²) in [5, 5.41) is 8.90. The highest BCUT2D eigenvalue weighted by Crippen LogP contribution is 2.32. The lowest BCUT2D eigenvalue weighted by Crippen LogP contribution is -2.57. The Balaban J connectivity index is 2.49. The number of hydrogen-bond donors (Lipinski definition) is 0. The molecule has 0 amide bonds. The van der Waals surface area contributed by atoms with Crippen LogP contribution >= 0.6 is 11.6 Å². The van der Waals surface area contributed by atoms with E-state index in [4.69, 9.17) is 21.6 Å². The van der Waals surface area contributed by atoms with E-state index in [0.717, 1.165) is 0 Å². The third-order valence-electron chi connectivity index (χ3n) is 3.45. The summed E-state index contributed by atoms with van der Waals surface area (Å²) in [6.07, 6.45) is -0.176. The van der Waals surface area contributed by atoms with Gasteiger partial charge in [0.15, 0.2) is 0 Å². The smallest absolute Gasteiger partial charge is 0.245 e. The van der Waals surface area contributed by atoms with Crippen LogP contribution in [0.15, 0.2) is 23.1 Å². The molecule has 7 heteroatoms. The average Bonchev–Trinajstić information content (AvgIpc) is 2.40. The molecular formula is C14H17ClN2O3S. The molecule has 1 aliphatic rings. The molecule has 1 saturated heterocycles. The summed E-state index contributed by atoms with van der Waals surface area (Å²) in [6, 6.07) is 6.14. The molecule has 0 spiro atoms. The Kier molecular flexibility index (Phi) is 4.31. The summed E-state index contributed by atoms with van der Waals surface area (Å²) in [7, 11) is -3.75. The third kappa shape index (κ3) is 3.06. The van der Waals surface area contributed by atoms with Gasteiger partial charge in [0.05, 0.1) is 34.9 Å². The molecule has 1 atom stereocenters. The van der Waals surface area contributed by atoms with E-state index in [1.54, 1.807) is 0 Å². The van der Waals surface area contributed by atoms with Gasteiger partial charge >= 0.3 is 0 Å². The highest BCUT2D eigenvalue weighted by atomic mass is 35.5. The fourth-order valence-corrected chi connectivity index (χ4v) is 4.64. The monoisotopic (exact) mass is 328 g/mol. The zero-order chi connectivity index (χ0) is 15.8. The van der Waals surface area contributed by atoms with Crippen molar-refractivity contribution < 1.29 is 13.2 Å². The molecule has 21 heavy (non-hydrogen) atoms. The molecular weight excluding hydrogens is 312 g/mol. The number of ether oxygens (including phenoxy) is 1. The van der Waals surface area contributed by atoms with Crippen molar-refractivity contribution in [2.24, 2.45) is 0 Å². The van der Waals surface area contributed by atoms with Crippen molar-refractivity contribution in [1.29, 1.82) is 5.26 Å². The largest absolute Gasteiger partial charge is 0.375 e. The fourth-order valence-electron chi connectivity index (χ4n) is 2.27. The van der Waals surface area contributed by atoms with E-state index < -0.39 is 15.6 Å². The van der Waals surface area contributed by atoms with Gasteiger partial charge in [-0.2, -0.15) is 9.57 Å². The maximum atomic E-state index is 12.9. The number of halogens is 1. The van der Waals surface area contributed by atoms with Gasteiger partial charge in [-0.3, -0.25) is 0 Å². The number of nitrogens with zero attached hydrogens (tertiary/aromatic N) is 2. The summed E-state index contributed by atoms with van der Waals surface area (Å²) in [4.78, 5) is 0.0188. The van der Waals surface area contributed by atoms with Crippen molar-refractivity contribution in [3.8, 4) is 6.07 Å². The summed E-state index contributed by atoms with van der Waals surface area (Å²) >= 11 is 6.05. The van der Waals surface area contributed by atoms with Gasteiger partial charge in [-0.25, -0.2) is 8.42 Å². The quantitative estimate of drug-likeness (QED) is 0.835. The van der Waals surface area contributed by atoms with Gasteiger partial charge in [-0.1, -0.05) is 11.6 Å². The van der Waals surface area contributed by atoms with Crippen LogP contribution in [0.25, 0.3) is 0 Å². The van der Waals surface area contributed by atoms with Crippen molar-refractivity contribution >= 4 is 21.6 Å². The van der Waals surface area contributed by atoms with E-state index >= 15 is 0 Å². The zero-order valence-electron chi connectivity index (χ0n) is 12.1. The molecule has 0 radical (unpaired) electrons. The van der Waals surface area contributed by atoms with Crippen LogP contribution in [-0.2, 0) is 14.8 Å². The van der Waals surface area contributed by atoms with Crippen LogP contribution in [0.5, 0.6) is 0 Å². The molecule has 0 N–H and O–H groups in total. The molecule has 1 aromatic carbocycles. The van der Waals surface area contributed by atoms with Crippen molar-refractivity contribution in [3.63, 3.8) is 0 Å². The van der Waals surface area contributed by atoms with Crippen molar-refractivity contribution in [1.82, 2.24) is 4.31 Å². The standard InChI is InChI=1S/C14H17ClN2O3S/c1-10-8-17(14(2,3)9-20-10)21(18,19)13-5-4-11(7-16)6-12(13)15/h4-6,10H,8-9H2,1-3H3/t10-/m0/s1. The molecule has 0 unspecified atom stereocenters. The van der Waals surface area contributed by atoms with Gasteiger partial charge < -0.3 is 4.74 Å². The summed E-state index contributed by atoms with van der Waals surface area (Å²) in [5.74, 6) is 0. The molecule has 0 aromatic heterocycles. The topological polar surface area (TPSA) is 70.4 Å². The van der Waals surface area contributed by atoms with E-state index in [2.05, 4.69) is 0 Å². The van der Waals surface area contributed by atoms with Crippen LogP contribution in [-0.4, -0.2) is 37.5 Å². The lowest BCUT2D eigenvalue weighted by Gasteiger charge is -2.43. The van der Waals surface area contributed by atoms with Crippen LogP contribution in [0, 0.1) is 11.3 Å². The van der Waals surface area contributed by atoms with Gasteiger partial charge in [0, 0.05) is 6.54 Å². The highest BCUT2D eigenvalue weighted by Gasteiger charge is 2.42. The maximum Gasteiger partial charge on any atom is 0.245 e. The Morgan fingerprint density at radius 2 is 2.14 bits per heavy atom. The van der Waals surface area contributed by atoms with Crippen LogP contribution in [0.3, 0.4) is 0 Å². The number of rotatable bonds is 2. The van der Waals surface area contributed by atoms with Crippen molar-refractivity contribution in [2.75, 3.05) is 13.2 Å². The van der Waals surface area contributed by atoms with E-state index in [9.17, 15) is 8.42 Å². The molecule has 5 nitrogen and oxygen atoms in total. The Hall–Kier alpha value is -1.13. The SMILES string of the molecule is C[C@H]1CN(S(=O)(=O)c2ccc(C#N)cc2Cl)C(C)(C)CO1. The predicted octanol–water partition coefficient (Wildman–Crippen LogP) is 2.40. The number of sulfonamides is 1. The van der Waals surface area contributed by atoms with Gasteiger partial charge in [0.25, 0.3) is 0 Å². The predicted molar refractivity (Wildman–Crippen MR) is 79.6 cm³/mol. The summed E-state index contributed by atoms with van der Waals surface area (Å²) in [6.45, 7) is 6.05. The number of hydrogen-bond acceptors (Lipinski definition) is 4. The first-order chi connectivity index (χ1) is 9.68. The van der Waals surface area contributed by atoms with Gasteiger partial charge in [0.1, 0.15) is 4.90 Å². The van der Waals surface area contributed by atoms with E-state index in [-0.39, 0.29) is 22.6 Å². The lowest BCUT2D eigenvalue weighted by atomic mass is 10.1. The van der Waals surface area contributed by atoms with Crippen LogP contribution in [0.1, 0.15) is 26.3 Å². The first-order valence-corrected chi connectivity index (χ1v) is 8.34. The Bertz CT molecular complexity index is 695. The van der Waals surface area contributed by atoms with Crippen molar-refractivity contribution in [2.45, 2.75) is 37.3 Å². The third-order valence-corrected chi connectivity index (χ3v) is 6.01. The maximum absolute atomic E-state index is 12.9. The molecule has 1 aliphatic heterocycles. The molecule has 1 heterocycles. The first kappa shape index (κ1) is 16.2. The summed E-state index contributed by atoms with van der Waals surface area (Å²) < 4.78 is 32.7. The Morgan fingerprint density at radius 3 is 2.71 bits per heavy atom. The second kappa shape index (κ2) is 5.58. The average molecular weight is 329 g/mol. The Labute approximate surface area is 130 Å². The van der Waals surface area contributed by atoms with Gasteiger partial charge in [-0.15, -0.1) is 0 Å². The van der Waals surface area contributed by atoms with Gasteiger partial charge in [-0.05, 0) is 39.0 Å². The minimum atomic E-state index is -3.75. The van der Waals surface area contributed by atoms with Crippen molar-refractivity contribution in [3.05, 3.63) is 28.8 Å². The van der Waals surface area contributed by atoms with Gasteiger partial charge in [0.2, 0.25) is 10.0 Å². The molecule has 0 bridgehead atoms. The minimum Gasteiger partial charge on any atom is -0.375 e. The zero-order valence-corrected chi connectivity index (χ0v) is 13.7. The summed E-state index contributed by atoms with van der Waals surface area (Å²) in [5.41, 5.74) is -0.323. The van der Waals surface area contributed by atoms with Crippen LogP contribution in [0.4, 0.5) is 0 Å². The minimum absolute atomic E-state index is 0.0188. The number of benzene rings is 1. The molecule has 1 aromatic rings. The number of nitriles is 1. The Morgan fingerprint density at radius 1 is 1.48 bits per heavy atom.